The molecule has 36 heavy (non-hydrogen) atoms. The molecule has 0 radical (unpaired) electrons. The highest BCUT2D eigenvalue weighted by atomic mass is 35.5. The van der Waals surface area contributed by atoms with E-state index in [0.29, 0.717) is 35.8 Å². The van der Waals surface area contributed by atoms with E-state index in [1.54, 1.807) is 18.3 Å². The summed E-state index contributed by atoms with van der Waals surface area (Å²) in [7, 11) is 3.87. The number of aromatic nitrogens is 1. The smallest absolute Gasteiger partial charge is 0.257 e. The molecule has 0 saturated heterocycles. The summed E-state index contributed by atoms with van der Waals surface area (Å²) < 4.78 is 2.45. The SMILES string of the molecule is Cc1c(CN(C)CCC(O)c2ccccc2)sc2c(=O)c(C(=O)NCc3ccc(Cl)cc3)cn(C)c12. The second kappa shape index (κ2) is 11.4. The van der Waals surface area contributed by atoms with Crippen molar-refractivity contribution >= 4 is 39.1 Å². The summed E-state index contributed by atoms with van der Waals surface area (Å²) in [6.07, 6.45) is 1.71. The summed E-state index contributed by atoms with van der Waals surface area (Å²) in [5.74, 6) is -0.396. The first-order valence-electron chi connectivity index (χ1n) is 11.8. The maximum absolute atomic E-state index is 13.3. The van der Waals surface area contributed by atoms with Crippen LogP contribution in [0.2, 0.25) is 5.02 Å². The number of hydrogen-bond donors (Lipinski definition) is 2. The number of amides is 1. The number of thiophene rings is 1. The van der Waals surface area contributed by atoms with Gasteiger partial charge in [0.1, 0.15) is 5.56 Å². The molecule has 1 atom stereocenters. The van der Waals surface area contributed by atoms with Crippen molar-refractivity contribution in [3.05, 3.63) is 103 Å². The molecule has 4 aromatic rings. The van der Waals surface area contributed by atoms with Crippen molar-refractivity contribution in [1.29, 1.82) is 0 Å². The quantitative estimate of drug-likeness (QED) is 0.322. The number of rotatable bonds is 9. The molecule has 0 fully saturated rings. The maximum Gasteiger partial charge on any atom is 0.257 e. The van der Waals surface area contributed by atoms with Crippen LogP contribution in [0.15, 0.2) is 65.6 Å². The molecule has 2 heterocycles. The number of hydrogen-bond acceptors (Lipinski definition) is 5. The fraction of sp³-hybridized carbons (Fsp3) is 0.286. The van der Waals surface area contributed by atoms with E-state index in [-0.39, 0.29) is 11.0 Å². The number of nitrogens with one attached hydrogen (secondary N) is 1. The van der Waals surface area contributed by atoms with Crippen molar-refractivity contribution in [1.82, 2.24) is 14.8 Å². The predicted octanol–water partition coefficient (Wildman–Crippen LogP) is 5.05. The average Bonchev–Trinajstić information content (AvgIpc) is 3.21. The number of benzene rings is 2. The molecule has 4 rings (SSSR count). The summed E-state index contributed by atoms with van der Waals surface area (Å²) in [6, 6.07) is 16.9. The number of carbonyl (C=O) groups is 1. The molecular formula is C28H30ClN3O3S. The van der Waals surface area contributed by atoms with E-state index in [2.05, 4.69) is 10.2 Å². The molecule has 0 aliphatic carbocycles. The first kappa shape index (κ1) is 26.1. The largest absolute Gasteiger partial charge is 0.388 e. The van der Waals surface area contributed by atoms with Gasteiger partial charge >= 0.3 is 0 Å². The Morgan fingerprint density at radius 2 is 1.86 bits per heavy atom. The Labute approximate surface area is 219 Å². The van der Waals surface area contributed by atoms with E-state index in [1.807, 2.05) is 68.1 Å². The Balaban J connectivity index is 1.48. The Morgan fingerprint density at radius 1 is 1.17 bits per heavy atom. The number of aliphatic hydroxyl groups excluding tert-OH is 1. The molecule has 2 aromatic heterocycles. The molecule has 0 saturated carbocycles. The van der Waals surface area contributed by atoms with Gasteiger partial charge in [-0.2, -0.15) is 0 Å². The van der Waals surface area contributed by atoms with Crippen molar-refractivity contribution in [3.63, 3.8) is 0 Å². The minimum atomic E-state index is -0.517. The molecule has 0 spiro atoms. The van der Waals surface area contributed by atoms with Crippen LogP contribution in [-0.4, -0.2) is 34.1 Å². The Kier molecular flexibility index (Phi) is 8.26. The summed E-state index contributed by atoms with van der Waals surface area (Å²) in [5, 5.41) is 13.9. The standard InChI is InChI=1S/C28H30ClN3O3S/c1-18-24(17-31(2)14-13-23(33)20-7-5-4-6-8-20)36-27-25(18)32(3)16-22(26(27)34)28(35)30-15-19-9-11-21(29)12-10-19/h4-12,16,23,33H,13-15,17H2,1-3H3,(H,30,35). The van der Waals surface area contributed by atoms with E-state index in [4.69, 9.17) is 11.6 Å². The van der Waals surface area contributed by atoms with Crippen LogP contribution in [0.25, 0.3) is 10.2 Å². The second-order valence-electron chi connectivity index (χ2n) is 9.07. The number of fused-ring (bicyclic) bond motifs is 1. The fourth-order valence-electron chi connectivity index (χ4n) is 4.27. The normalized spacial score (nSPS) is 12.3. The summed E-state index contributed by atoms with van der Waals surface area (Å²) in [5.41, 5.74) is 3.59. The van der Waals surface area contributed by atoms with Gasteiger partial charge in [0.25, 0.3) is 5.91 Å². The lowest BCUT2D eigenvalue weighted by molar-refractivity contribution is 0.0949. The van der Waals surface area contributed by atoms with E-state index >= 15 is 0 Å². The van der Waals surface area contributed by atoms with Gasteiger partial charge in [-0.15, -0.1) is 11.3 Å². The van der Waals surface area contributed by atoms with Crippen molar-refractivity contribution in [2.24, 2.45) is 7.05 Å². The third-order valence-corrected chi connectivity index (χ3v) is 7.85. The summed E-state index contributed by atoms with van der Waals surface area (Å²) >= 11 is 7.36. The molecule has 2 aromatic carbocycles. The number of aliphatic hydroxyl groups is 1. The third kappa shape index (κ3) is 5.87. The van der Waals surface area contributed by atoms with Crippen LogP contribution in [0, 0.1) is 6.92 Å². The van der Waals surface area contributed by atoms with E-state index in [0.717, 1.165) is 27.1 Å². The number of nitrogens with zero attached hydrogens (tertiary/aromatic N) is 2. The van der Waals surface area contributed by atoms with E-state index in [9.17, 15) is 14.7 Å². The van der Waals surface area contributed by atoms with Crippen molar-refractivity contribution < 1.29 is 9.90 Å². The van der Waals surface area contributed by atoms with E-state index < -0.39 is 12.0 Å². The van der Waals surface area contributed by atoms with Crippen molar-refractivity contribution in [2.75, 3.05) is 13.6 Å². The van der Waals surface area contributed by atoms with Gasteiger partial charge in [0, 0.05) is 42.8 Å². The monoisotopic (exact) mass is 523 g/mol. The molecule has 1 amide bonds. The average molecular weight is 524 g/mol. The summed E-state index contributed by atoms with van der Waals surface area (Å²) in [4.78, 5) is 29.4. The maximum atomic E-state index is 13.3. The van der Waals surface area contributed by atoms with Gasteiger partial charge in [-0.3, -0.25) is 9.59 Å². The van der Waals surface area contributed by atoms with Crippen LogP contribution in [0.1, 0.15) is 44.5 Å². The lowest BCUT2D eigenvalue weighted by Crippen LogP contribution is -2.29. The van der Waals surface area contributed by atoms with Gasteiger partial charge in [0.05, 0.1) is 16.3 Å². The van der Waals surface area contributed by atoms with Gasteiger partial charge in [0.15, 0.2) is 0 Å². The highest BCUT2D eigenvalue weighted by Gasteiger charge is 2.20. The molecule has 188 valence electrons. The molecular weight excluding hydrogens is 494 g/mol. The Hall–Kier alpha value is -2.97. The Morgan fingerprint density at radius 3 is 2.56 bits per heavy atom. The molecule has 1 unspecified atom stereocenters. The zero-order valence-electron chi connectivity index (χ0n) is 20.6. The van der Waals surface area contributed by atoms with Gasteiger partial charge < -0.3 is 19.9 Å². The molecule has 0 bridgehead atoms. The van der Waals surface area contributed by atoms with Gasteiger partial charge in [0.2, 0.25) is 5.43 Å². The minimum absolute atomic E-state index is 0.131. The van der Waals surface area contributed by atoms with Gasteiger partial charge in [-0.25, -0.2) is 0 Å². The van der Waals surface area contributed by atoms with E-state index in [1.165, 1.54) is 11.3 Å². The van der Waals surface area contributed by atoms with Crippen molar-refractivity contribution in [3.8, 4) is 0 Å². The predicted molar refractivity (Wildman–Crippen MR) is 147 cm³/mol. The van der Waals surface area contributed by atoms with Crippen LogP contribution in [-0.2, 0) is 20.1 Å². The molecule has 0 aliphatic heterocycles. The highest BCUT2D eigenvalue weighted by Crippen LogP contribution is 2.30. The lowest BCUT2D eigenvalue weighted by Gasteiger charge is -2.19. The Bertz CT molecular complexity index is 1410. The zero-order chi connectivity index (χ0) is 25.8. The molecule has 0 aliphatic rings. The third-order valence-electron chi connectivity index (χ3n) is 6.33. The van der Waals surface area contributed by atoms with Crippen LogP contribution >= 0.6 is 22.9 Å². The minimum Gasteiger partial charge on any atom is -0.388 e. The van der Waals surface area contributed by atoms with Crippen LogP contribution in [0.4, 0.5) is 0 Å². The topological polar surface area (TPSA) is 74.6 Å². The number of carbonyl (C=O) groups excluding carboxylic acids is 1. The molecule has 8 heteroatoms. The van der Waals surface area contributed by atoms with Gasteiger partial charge in [-0.05, 0) is 49.2 Å². The number of pyridine rings is 1. The lowest BCUT2D eigenvalue weighted by atomic mass is 10.1. The summed E-state index contributed by atoms with van der Waals surface area (Å²) in [6.45, 7) is 3.69. The molecule has 6 nitrogen and oxygen atoms in total. The van der Waals surface area contributed by atoms with Crippen LogP contribution < -0.4 is 10.7 Å². The zero-order valence-corrected chi connectivity index (χ0v) is 22.2. The van der Waals surface area contributed by atoms with Crippen LogP contribution in [0.5, 0.6) is 0 Å². The highest BCUT2D eigenvalue weighted by molar-refractivity contribution is 7.19. The molecule has 2 N–H and O–H groups in total. The second-order valence-corrected chi connectivity index (χ2v) is 10.6. The number of halogens is 1. The van der Waals surface area contributed by atoms with Crippen molar-refractivity contribution in [2.45, 2.75) is 32.5 Å². The first-order valence-corrected chi connectivity index (χ1v) is 13.0. The first-order chi connectivity index (χ1) is 17.2. The number of aryl methyl sites for hydroxylation is 2. The van der Waals surface area contributed by atoms with Crippen LogP contribution in [0.3, 0.4) is 0 Å². The van der Waals surface area contributed by atoms with Gasteiger partial charge in [-0.1, -0.05) is 54.1 Å². The fourth-order valence-corrected chi connectivity index (χ4v) is 5.77.